The second-order valence-corrected chi connectivity index (χ2v) is 10.5. The van der Waals surface area contributed by atoms with Crippen LogP contribution < -0.4 is 25.4 Å². The highest BCUT2D eigenvalue weighted by Gasteiger charge is 2.16. The minimum atomic E-state index is -0.492. The highest BCUT2D eigenvalue weighted by molar-refractivity contribution is 8.00. The topological polar surface area (TPSA) is 106 Å². The first-order valence-electron chi connectivity index (χ1n) is 13.3. The summed E-state index contributed by atoms with van der Waals surface area (Å²) in [6.07, 6.45) is 1.60. The molecular weight excluding hydrogens is 586 g/mol. The first-order valence-corrected chi connectivity index (χ1v) is 14.7. The van der Waals surface area contributed by atoms with Crippen LogP contribution in [-0.4, -0.2) is 37.2 Å². The van der Waals surface area contributed by atoms with Gasteiger partial charge < -0.3 is 25.4 Å². The van der Waals surface area contributed by atoms with Crippen molar-refractivity contribution >= 4 is 58.5 Å². The van der Waals surface area contributed by atoms with Crippen LogP contribution in [0.25, 0.3) is 6.08 Å². The average molecular weight is 616 g/mol. The van der Waals surface area contributed by atoms with E-state index in [0.717, 1.165) is 4.90 Å². The molecule has 43 heavy (non-hydrogen) atoms. The maximum absolute atomic E-state index is 13.3. The molecule has 3 amide bonds. The second-order valence-electron chi connectivity index (χ2n) is 9.04. The number of hydrogen-bond donors (Lipinski definition) is 3. The number of amides is 3. The molecule has 0 saturated carbocycles. The van der Waals surface area contributed by atoms with Crippen LogP contribution in [0.1, 0.15) is 22.8 Å². The van der Waals surface area contributed by atoms with Gasteiger partial charge in [0.25, 0.3) is 11.8 Å². The summed E-state index contributed by atoms with van der Waals surface area (Å²) in [5, 5.41) is 8.85. The van der Waals surface area contributed by atoms with Gasteiger partial charge in [0.2, 0.25) is 5.91 Å². The van der Waals surface area contributed by atoms with Crippen LogP contribution in [0.3, 0.4) is 0 Å². The van der Waals surface area contributed by atoms with Crippen LogP contribution in [0.2, 0.25) is 5.02 Å². The van der Waals surface area contributed by atoms with E-state index in [-0.39, 0.29) is 17.4 Å². The fourth-order valence-electron chi connectivity index (χ4n) is 3.88. The van der Waals surface area contributed by atoms with Gasteiger partial charge in [0.1, 0.15) is 17.2 Å². The number of methoxy groups -OCH3 is 1. The van der Waals surface area contributed by atoms with Crippen LogP contribution in [0.4, 0.5) is 11.4 Å². The van der Waals surface area contributed by atoms with E-state index >= 15 is 0 Å². The molecule has 0 unspecified atom stereocenters. The Hall–Kier alpha value is -4.73. The third-order valence-electron chi connectivity index (χ3n) is 5.95. The number of thioether (sulfide) groups is 1. The van der Waals surface area contributed by atoms with Crippen molar-refractivity contribution in [2.45, 2.75) is 11.8 Å². The minimum Gasteiger partial charge on any atom is -0.495 e. The van der Waals surface area contributed by atoms with Crippen molar-refractivity contribution in [1.82, 2.24) is 5.32 Å². The van der Waals surface area contributed by atoms with Gasteiger partial charge in [-0.1, -0.05) is 41.9 Å². The summed E-state index contributed by atoms with van der Waals surface area (Å²) < 4.78 is 10.8. The molecule has 0 heterocycles. The molecule has 4 aromatic carbocycles. The first kappa shape index (κ1) is 31.2. The van der Waals surface area contributed by atoms with Crippen LogP contribution >= 0.6 is 23.4 Å². The quantitative estimate of drug-likeness (QED) is 0.118. The van der Waals surface area contributed by atoms with E-state index in [1.165, 1.54) is 18.9 Å². The number of hydrogen-bond acceptors (Lipinski definition) is 6. The summed E-state index contributed by atoms with van der Waals surface area (Å²) in [5.41, 5.74) is 2.22. The van der Waals surface area contributed by atoms with E-state index in [9.17, 15) is 14.4 Å². The van der Waals surface area contributed by atoms with Gasteiger partial charge in [0.15, 0.2) is 0 Å². The van der Waals surface area contributed by atoms with Gasteiger partial charge >= 0.3 is 0 Å². The first-order chi connectivity index (χ1) is 20.8. The van der Waals surface area contributed by atoms with E-state index < -0.39 is 11.8 Å². The summed E-state index contributed by atoms with van der Waals surface area (Å²) in [5.74, 6) is 0.252. The van der Waals surface area contributed by atoms with Crippen LogP contribution in [0.5, 0.6) is 11.5 Å². The summed E-state index contributed by atoms with van der Waals surface area (Å²) in [6.45, 7) is 2.44. The number of anilines is 2. The lowest BCUT2D eigenvalue weighted by molar-refractivity contribution is -0.114. The molecule has 0 aliphatic rings. The fourth-order valence-corrected chi connectivity index (χ4v) is 4.75. The van der Waals surface area contributed by atoms with Crippen molar-refractivity contribution in [3.05, 3.63) is 119 Å². The molecule has 0 spiro atoms. The van der Waals surface area contributed by atoms with Gasteiger partial charge in [-0.2, -0.15) is 0 Å². The minimum absolute atomic E-state index is 0.0737. The Morgan fingerprint density at radius 3 is 2.28 bits per heavy atom. The van der Waals surface area contributed by atoms with Gasteiger partial charge in [-0.05, 0) is 85.3 Å². The number of carbonyl (C=O) groups is 3. The third-order valence-corrected chi connectivity index (χ3v) is 7.20. The molecule has 4 rings (SSSR count). The largest absolute Gasteiger partial charge is 0.495 e. The molecule has 0 aliphatic carbocycles. The Morgan fingerprint density at radius 1 is 0.884 bits per heavy atom. The molecule has 0 atom stereocenters. The van der Waals surface area contributed by atoms with Gasteiger partial charge in [-0.15, -0.1) is 11.8 Å². The lowest BCUT2D eigenvalue weighted by atomic mass is 10.1. The third kappa shape index (κ3) is 9.39. The van der Waals surface area contributed by atoms with Crippen molar-refractivity contribution in [2.24, 2.45) is 0 Å². The van der Waals surface area contributed by atoms with Crippen LogP contribution in [0, 0.1) is 0 Å². The van der Waals surface area contributed by atoms with Crippen molar-refractivity contribution in [3.63, 3.8) is 0 Å². The van der Waals surface area contributed by atoms with Crippen LogP contribution in [-0.2, 0) is 9.59 Å². The highest BCUT2D eigenvalue weighted by Crippen LogP contribution is 2.28. The molecule has 4 aromatic rings. The second kappa shape index (κ2) is 15.5. The van der Waals surface area contributed by atoms with Gasteiger partial charge in [-0.25, -0.2) is 0 Å². The molecule has 3 N–H and O–H groups in total. The summed E-state index contributed by atoms with van der Waals surface area (Å²) >= 11 is 7.37. The van der Waals surface area contributed by atoms with E-state index in [0.29, 0.717) is 45.6 Å². The van der Waals surface area contributed by atoms with Gasteiger partial charge in [-0.3, -0.25) is 14.4 Å². The molecule has 0 saturated heterocycles. The molecule has 10 heteroatoms. The van der Waals surface area contributed by atoms with E-state index in [4.69, 9.17) is 21.1 Å². The molecule has 0 fully saturated rings. The smallest absolute Gasteiger partial charge is 0.272 e. The number of rotatable bonds is 12. The number of benzene rings is 4. The zero-order valence-corrected chi connectivity index (χ0v) is 25.1. The average Bonchev–Trinajstić information content (AvgIpc) is 3.02. The van der Waals surface area contributed by atoms with E-state index in [1.807, 2.05) is 13.0 Å². The van der Waals surface area contributed by atoms with Crippen molar-refractivity contribution < 1.29 is 23.9 Å². The molecule has 0 radical (unpaired) electrons. The monoisotopic (exact) mass is 615 g/mol. The van der Waals surface area contributed by atoms with Gasteiger partial charge in [0.05, 0.1) is 25.2 Å². The normalized spacial score (nSPS) is 10.9. The number of halogens is 1. The van der Waals surface area contributed by atoms with E-state index in [2.05, 4.69) is 16.0 Å². The van der Waals surface area contributed by atoms with E-state index in [1.54, 1.807) is 97.1 Å². The van der Waals surface area contributed by atoms with Gasteiger partial charge in [0, 0.05) is 21.2 Å². The summed E-state index contributed by atoms with van der Waals surface area (Å²) in [7, 11) is 1.52. The van der Waals surface area contributed by atoms with Crippen LogP contribution in [0.15, 0.2) is 108 Å². The predicted molar refractivity (Wildman–Crippen MR) is 172 cm³/mol. The fraction of sp³-hybridized carbons (Fsp3) is 0.121. The SMILES string of the molecule is CCOc1ccc(/C=C(\NC(=O)c2ccccc2)C(=O)Nc2ccc(SCC(=O)Nc3cc(Cl)ccc3OC)cc2)cc1. The van der Waals surface area contributed by atoms with Crippen molar-refractivity contribution in [1.29, 1.82) is 0 Å². The van der Waals surface area contributed by atoms with Crippen molar-refractivity contribution in [3.8, 4) is 11.5 Å². The maximum atomic E-state index is 13.3. The summed E-state index contributed by atoms with van der Waals surface area (Å²) in [4.78, 5) is 39.5. The molecule has 0 aliphatic heterocycles. The predicted octanol–water partition coefficient (Wildman–Crippen LogP) is 6.89. The lowest BCUT2D eigenvalue weighted by Gasteiger charge is -2.12. The molecule has 0 bridgehead atoms. The maximum Gasteiger partial charge on any atom is 0.272 e. The molecule has 8 nitrogen and oxygen atoms in total. The molecule has 0 aromatic heterocycles. The summed E-state index contributed by atoms with van der Waals surface area (Å²) in [6, 6.07) is 27.9. The Balaban J connectivity index is 1.41. The lowest BCUT2D eigenvalue weighted by Crippen LogP contribution is -2.30. The molecular formula is C33H30ClN3O5S. The number of nitrogens with one attached hydrogen (secondary N) is 3. The Morgan fingerprint density at radius 2 is 1.60 bits per heavy atom. The zero-order chi connectivity index (χ0) is 30.6. The highest BCUT2D eigenvalue weighted by atomic mass is 35.5. The number of ether oxygens (including phenoxy) is 2. The standard InChI is InChI=1S/C33H30ClN3O5S/c1-3-42-26-14-9-22(10-15-26)19-29(37-32(39)23-7-5-4-6-8-23)33(40)35-25-12-16-27(17-13-25)43-21-31(38)36-28-20-24(34)11-18-30(28)41-2/h4-20H,3,21H2,1-2H3,(H,35,40)(H,36,38)(H,37,39)/b29-19-. The zero-order valence-electron chi connectivity index (χ0n) is 23.6. The molecule has 220 valence electrons. The Labute approximate surface area is 259 Å². The Bertz CT molecular complexity index is 1590. The number of carbonyl (C=O) groups excluding carboxylic acids is 3. The Kier molecular flexibility index (Phi) is 11.2. The van der Waals surface area contributed by atoms with Crippen molar-refractivity contribution in [2.75, 3.05) is 30.1 Å².